The number of rotatable bonds is 10. The number of guanidine groups is 1. The lowest BCUT2D eigenvalue weighted by Gasteiger charge is -2.19. The van der Waals surface area contributed by atoms with Crippen LogP contribution in [0.5, 0.6) is 5.88 Å². The summed E-state index contributed by atoms with van der Waals surface area (Å²) in [7, 11) is 0. The average molecular weight is 569 g/mol. The van der Waals surface area contributed by atoms with Crippen LogP contribution in [-0.4, -0.2) is 42.3 Å². The highest BCUT2D eigenvalue weighted by Gasteiger charge is 2.15. The fraction of sp³-hybridized carbons (Fsp3) is 0.458. The van der Waals surface area contributed by atoms with E-state index in [1.807, 2.05) is 70.2 Å². The van der Waals surface area contributed by atoms with Crippen molar-refractivity contribution in [1.82, 2.24) is 20.9 Å². The van der Waals surface area contributed by atoms with Crippen LogP contribution in [0.2, 0.25) is 0 Å². The Morgan fingerprint density at radius 3 is 2.45 bits per heavy atom. The lowest BCUT2D eigenvalue weighted by atomic mass is 10.2. The van der Waals surface area contributed by atoms with E-state index in [1.165, 1.54) is 0 Å². The topological polar surface area (TPSA) is 96.9 Å². The second-order valence-corrected chi connectivity index (χ2v) is 8.15. The smallest absolute Gasteiger partial charge is 0.407 e. The van der Waals surface area contributed by atoms with Crippen molar-refractivity contribution in [3.8, 4) is 5.88 Å². The van der Waals surface area contributed by atoms with Crippen LogP contribution in [0.25, 0.3) is 0 Å². The number of benzene rings is 1. The van der Waals surface area contributed by atoms with E-state index in [-0.39, 0.29) is 24.0 Å². The second kappa shape index (κ2) is 15.3. The zero-order valence-corrected chi connectivity index (χ0v) is 22.2. The third-order valence-electron chi connectivity index (χ3n) is 4.13. The SMILES string of the molecule is CCNC(=NCc1cccnc1OCc1ccccc1)NCCCNC(=O)OC(C)(C)C.I. The van der Waals surface area contributed by atoms with Gasteiger partial charge in [-0.25, -0.2) is 14.8 Å². The maximum Gasteiger partial charge on any atom is 0.407 e. The Balaban J connectivity index is 0.00000544. The number of nitrogens with zero attached hydrogens (tertiary/aromatic N) is 2. The minimum Gasteiger partial charge on any atom is -0.473 e. The Bertz CT molecular complexity index is 857. The monoisotopic (exact) mass is 569 g/mol. The number of carbonyl (C=O) groups is 1. The van der Waals surface area contributed by atoms with Crippen LogP contribution >= 0.6 is 24.0 Å². The van der Waals surface area contributed by atoms with Crippen molar-refractivity contribution in [1.29, 1.82) is 0 Å². The van der Waals surface area contributed by atoms with E-state index in [1.54, 1.807) is 6.20 Å². The first-order valence-corrected chi connectivity index (χ1v) is 11.0. The zero-order valence-electron chi connectivity index (χ0n) is 19.9. The molecule has 33 heavy (non-hydrogen) atoms. The molecule has 1 heterocycles. The number of aromatic nitrogens is 1. The molecule has 1 aromatic heterocycles. The molecule has 0 spiro atoms. The number of halogens is 1. The van der Waals surface area contributed by atoms with Gasteiger partial charge < -0.3 is 25.4 Å². The molecule has 2 aromatic rings. The van der Waals surface area contributed by atoms with Crippen LogP contribution in [0.15, 0.2) is 53.7 Å². The fourth-order valence-corrected chi connectivity index (χ4v) is 2.71. The van der Waals surface area contributed by atoms with Gasteiger partial charge in [-0.1, -0.05) is 36.4 Å². The molecule has 9 heteroatoms. The first kappa shape index (κ1) is 28.5. The zero-order chi connectivity index (χ0) is 23.2. The van der Waals surface area contributed by atoms with Gasteiger partial charge in [-0.2, -0.15) is 0 Å². The standard InChI is InChI=1S/C24H35N5O3.HI/c1-5-25-22(27-15-10-16-28-23(30)32-24(2,3)4)29-17-20-13-9-14-26-21(20)31-18-19-11-7-6-8-12-19;/h6-9,11-14H,5,10,15-18H2,1-4H3,(H,28,30)(H2,25,27,29);1H. The molecule has 182 valence electrons. The molecule has 2 rings (SSSR count). The van der Waals surface area contributed by atoms with Gasteiger partial charge in [0.1, 0.15) is 12.2 Å². The van der Waals surface area contributed by atoms with Crippen molar-refractivity contribution in [3.63, 3.8) is 0 Å². The predicted octanol–water partition coefficient (Wildman–Crippen LogP) is 4.25. The summed E-state index contributed by atoms with van der Waals surface area (Å²) in [6, 6.07) is 13.8. The minimum atomic E-state index is -0.497. The Labute approximate surface area is 214 Å². The molecule has 0 aliphatic rings. The van der Waals surface area contributed by atoms with Gasteiger partial charge in [0.2, 0.25) is 5.88 Å². The highest BCUT2D eigenvalue weighted by atomic mass is 127. The number of alkyl carbamates (subject to hydrolysis) is 1. The predicted molar refractivity (Wildman–Crippen MR) is 142 cm³/mol. The van der Waals surface area contributed by atoms with Gasteiger partial charge in [-0.3, -0.25) is 0 Å². The highest BCUT2D eigenvalue weighted by Crippen LogP contribution is 2.17. The molecule has 0 atom stereocenters. The van der Waals surface area contributed by atoms with Gasteiger partial charge in [-0.05, 0) is 45.7 Å². The third-order valence-corrected chi connectivity index (χ3v) is 4.13. The summed E-state index contributed by atoms with van der Waals surface area (Å²) in [5.41, 5.74) is 1.50. The van der Waals surface area contributed by atoms with Crippen molar-refractivity contribution in [3.05, 3.63) is 59.8 Å². The van der Waals surface area contributed by atoms with Crippen LogP contribution in [0.4, 0.5) is 4.79 Å². The largest absolute Gasteiger partial charge is 0.473 e. The maximum absolute atomic E-state index is 11.7. The van der Waals surface area contributed by atoms with E-state index in [0.717, 1.165) is 24.1 Å². The van der Waals surface area contributed by atoms with Crippen molar-refractivity contribution in [2.75, 3.05) is 19.6 Å². The van der Waals surface area contributed by atoms with Crippen LogP contribution in [-0.2, 0) is 17.9 Å². The summed E-state index contributed by atoms with van der Waals surface area (Å²) >= 11 is 0. The highest BCUT2D eigenvalue weighted by molar-refractivity contribution is 14.0. The number of carbonyl (C=O) groups excluding carboxylic acids is 1. The number of aliphatic imine (C=N–C) groups is 1. The molecule has 0 aliphatic carbocycles. The molecule has 0 bridgehead atoms. The van der Waals surface area contributed by atoms with Gasteiger partial charge in [-0.15, -0.1) is 24.0 Å². The van der Waals surface area contributed by atoms with E-state index < -0.39 is 11.7 Å². The summed E-state index contributed by atoms with van der Waals surface area (Å²) in [4.78, 5) is 20.7. The molecule has 8 nitrogen and oxygen atoms in total. The van der Waals surface area contributed by atoms with Crippen LogP contribution in [0.1, 0.15) is 45.2 Å². The summed E-state index contributed by atoms with van der Waals surface area (Å²) in [6.07, 6.45) is 2.05. The number of pyridine rings is 1. The van der Waals surface area contributed by atoms with Gasteiger partial charge in [0.15, 0.2) is 5.96 Å². The van der Waals surface area contributed by atoms with Crippen molar-refractivity contribution in [2.24, 2.45) is 4.99 Å². The van der Waals surface area contributed by atoms with Crippen LogP contribution in [0.3, 0.4) is 0 Å². The number of nitrogens with one attached hydrogen (secondary N) is 3. The Kier molecular flexibility index (Phi) is 13.2. The molecule has 0 saturated carbocycles. The first-order valence-electron chi connectivity index (χ1n) is 11.0. The van der Waals surface area contributed by atoms with Crippen molar-refractivity contribution in [2.45, 2.75) is 52.9 Å². The normalized spacial score (nSPS) is 11.2. The van der Waals surface area contributed by atoms with E-state index in [9.17, 15) is 4.79 Å². The number of ether oxygens (including phenoxy) is 2. The van der Waals surface area contributed by atoms with E-state index >= 15 is 0 Å². The third kappa shape index (κ3) is 12.3. The van der Waals surface area contributed by atoms with Crippen molar-refractivity contribution < 1.29 is 14.3 Å². The Morgan fingerprint density at radius 1 is 1.03 bits per heavy atom. The molecular weight excluding hydrogens is 533 g/mol. The summed E-state index contributed by atoms with van der Waals surface area (Å²) in [6.45, 7) is 10.3. The van der Waals surface area contributed by atoms with Gasteiger partial charge in [0, 0.05) is 31.4 Å². The summed E-state index contributed by atoms with van der Waals surface area (Å²) in [5.74, 6) is 1.28. The molecule has 3 N–H and O–H groups in total. The number of hydrogen-bond acceptors (Lipinski definition) is 5. The molecule has 1 amide bonds. The van der Waals surface area contributed by atoms with Gasteiger partial charge >= 0.3 is 6.09 Å². The van der Waals surface area contributed by atoms with Crippen LogP contribution in [0, 0.1) is 0 Å². The molecule has 0 unspecified atom stereocenters. The van der Waals surface area contributed by atoms with Crippen LogP contribution < -0.4 is 20.7 Å². The van der Waals surface area contributed by atoms with Gasteiger partial charge in [0.05, 0.1) is 6.54 Å². The quantitative estimate of drug-likeness (QED) is 0.171. The fourth-order valence-electron chi connectivity index (χ4n) is 2.71. The Morgan fingerprint density at radius 2 is 1.76 bits per heavy atom. The maximum atomic E-state index is 11.7. The summed E-state index contributed by atoms with van der Waals surface area (Å²) < 4.78 is 11.1. The van der Waals surface area contributed by atoms with Gasteiger partial charge in [0.25, 0.3) is 0 Å². The van der Waals surface area contributed by atoms with E-state index in [4.69, 9.17) is 9.47 Å². The molecule has 1 aromatic carbocycles. The molecule has 0 aliphatic heterocycles. The average Bonchev–Trinajstić information content (AvgIpc) is 2.75. The van der Waals surface area contributed by atoms with E-state index in [2.05, 4.69) is 25.9 Å². The molecule has 0 radical (unpaired) electrons. The molecule has 0 saturated heterocycles. The number of hydrogen-bond donors (Lipinski definition) is 3. The summed E-state index contributed by atoms with van der Waals surface area (Å²) in [5, 5.41) is 9.25. The lowest BCUT2D eigenvalue weighted by Crippen LogP contribution is -2.39. The molecular formula is C24H36IN5O3. The number of amides is 1. The molecule has 0 fully saturated rings. The minimum absolute atomic E-state index is 0. The Hall–Kier alpha value is -2.56. The second-order valence-electron chi connectivity index (χ2n) is 8.15. The van der Waals surface area contributed by atoms with Crippen molar-refractivity contribution >= 4 is 36.0 Å². The first-order chi connectivity index (χ1) is 15.4. The lowest BCUT2D eigenvalue weighted by molar-refractivity contribution is 0.0527. The van der Waals surface area contributed by atoms with E-state index in [0.29, 0.717) is 38.1 Å².